The third-order valence-corrected chi connectivity index (χ3v) is 2.91. The molecule has 0 saturated heterocycles. The van der Waals surface area contributed by atoms with Gasteiger partial charge in [0.05, 0.1) is 0 Å². The van der Waals surface area contributed by atoms with E-state index in [1.54, 1.807) is 0 Å². The van der Waals surface area contributed by atoms with E-state index in [4.69, 9.17) is 0 Å². The van der Waals surface area contributed by atoms with E-state index in [2.05, 4.69) is 49.8 Å². The largest absolute Gasteiger partial charge is 0.368 e. The normalized spacial score (nSPS) is 28.4. The van der Waals surface area contributed by atoms with Crippen molar-refractivity contribution in [2.24, 2.45) is 5.92 Å². The molecule has 1 N–H and O–H groups in total. The van der Waals surface area contributed by atoms with Crippen LogP contribution in [0.3, 0.4) is 0 Å². The highest BCUT2D eigenvalue weighted by Gasteiger charge is 2.04. The van der Waals surface area contributed by atoms with Crippen LogP contribution in [0.25, 0.3) is 0 Å². The SMILES string of the molecule is CC/C1=C/N/C=C\CCC=CC(CC)C1. The Hall–Kier alpha value is -0.980. The molecule has 15 heavy (non-hydrogen) atoms. The monoisotopic (exact) mass is 205 g/mol. The van der Waals surface area contributed by atoms with Gasteiger partial charge in [0.15, 0.2) is 0 Å². The van der Waals surface area contributed by atoms with Crippen LogP contribution in [-0.4, -0.2) is 0 Å². The van der Waals surface area contributed by atoms with E-state index in [1.807, 2.05) is 0 Å². The van der Waals surface area contributed by atoms with Gasteiger partial charge >= 0.3 is 0 Å². The van der Waals surface area contributed by atoms with Crippen LogP contribution in [0.1, 0.15) is 46.0 Å². The summed E-state index contributed by atoms with van der Waals surface area (Å²) < 4.78 is 0. The van der Waals surface area contributed by atoms with Gasteiger partial charge in [0.2, 0.25) is 0 Å². The first-order chi connectivity index (χ1) is 7.36. The highest BCUT2D eigenvalue weighted by atomic mass is 14.8. The second-order valence-corrected chi connectivity index (χ2v) is 4.10. The van der Waals surface area contributed by atoms with Crippen molar-refractivity contribution in [3.8, 4) is 0 Å². The number of rotatable bonds is 2. The Kier molecular flexibility index (Phi) is 5.91. The molecule has 1 aliphatic heterocycles. The van der Waals surface area contributed by atoms with Gasteiger partial charge in [-0.25, -0.2) is 0 Å². The van der Waals surface area contributed by atoms with Crippen LogP contribution < -0.4 is 5.32 Å². The Labute approximate surface area is 94.0 Å². The van der Waals surface area contributed by atoms with Crippen LogP contribution in [0.4, 0.5) is 0 Å². The summed E-state index contributed by atoms with van der Waals surface area (Å²) in [5, 5.41) is 3.26. The van der Waals surface area contributed by atoms with Crippen LogP contribution >= 0.6 is 0 Å². The van der Waals surface area contributed by atoms with Crippen molar-refractivity contribution >= 4 is 0 Å². The zero-order valence-electron chi connectivity index (χ0n) is 10.00. The Morgan fingerprint density at radius 1 is 1.27 bits per heavy atom. The van der Waals surface area contributed by atoms with Crippen molar-refractivity contribution in [1.29, 1.82) is 0 Å². The topological polar surface area (TPSA) is 12.0 Å². The van der Waals surface area contributed by atoms with Gasteiger partial charge in [-0.15, -0.1) is 0 Å². The minimum atomic E-state index is 0.719. The van der Waals surface area contributed by atoms with Crippen LogP contribution in [0.15, 0.2) is 36.2 Å². The molecule has 0 aromatic carbocycles. The van der Waals surface area contributed by atoms with Gasteiger partial charge in [0, 0.05) is 0 Å². The van der Waals surface area contributed by atoms with Crippen LogP contribution in [-0.2, 0) is 0 Å². The van der Waals surface area contributed by atoms with Gasteiger partial charge < -0.3 is 5.32 Å². The maximum absolute atomic E-state index is 3.26. The molecule has 1 unspecified atom stereocenters. The Balaban J connectivity index is 2.66. The van der Waals surface area contributed by atoms with Crippen molar-refractivity contribution in [2.75, 3.05) is 0 Å². The lowest BCUT2D eigenvalue weighted by molar-refractivity contribution is 0.607. The van der Waals surface area contributed by atoms with Gasteiger partial charge in [0.1, 0.15) is 0 Å². The summed E-state index contributed by atoms with van der Waals surface area (Å²) in [5.74, 6) is 0.719. The van der Waals surface area contributed by atoms with Gasteiger partial charge in [-0.3, -0.25) is 0 Å². The second-order valence-electron chi connectivity index (χ2n) is 4.10. The van der Waals surface area contributed by atoms with Gasteiger partial charge in [-0.2, -0.15) is 0 Å². The molecule has 0 saturated carbocycles. The molecular formula is C14H23N. The van der Waals surface area contributed by atoms with Gasteiger partial charge in [-0.1, -0.05) is 37.6 Å². The summed E-state index contributed by atoms with van der Waals surface area (Å²) in [6, 6.07) is 0. The Morgan fingerprint density at radius 2 is 2.07 bits per heavy atom. The number of nitrogens with one attached hydrogen (secondary N) is 1. The predicted octanol–water partition coefficient (Wildman–Crippen LogP) is 4.15. The first-order valence-corrected chi connectivity index (χ1v) is 6.12. The van der Waals surface area contributed by atoms with Crippen LogP contribution in [0.2, 0.25) is 0 Å². The van der Waals surface area contributed by atoms with E-state index in [1.165, 1.54) is 18.4 Å². The van der Waals surface area contributed by atoms with Crippen molar-refractivity contribution in [3.63, 3.8) is 0 Å². The second kappa shape index (κ2) is 7.33. The molecule has 1 heteroatoms. The van der Waals surface area contributed by atoms with Crippen LogP contribution in [0, 0.1) is 5.92 Å². The van der Waals surface area contributed by atoms with Crippen molar-refractivity contribution in [2.45, 2.75) is 46.0 Å². The summed E-state index contributed by atoms with van der Waals surface area (Å²) in [7, 11) is 0. The fourth-order valence-corrected chi connectivity index (χ4v) is 1.79. The van der Waals surface area contributed by atoms with Gasteiger partial charge in [-0.05, 0) is 50.4 Å². The lowest BCUT2D eigenvalue weighted by atomic mass is 9.95. The van der Waals surface area contributed by atoms with Crippen molar-refractivity contribution in [3.05, 3.63) is 36.2 Å². The molecular weight excluding hydrogens is 182 g/mol. The summed E-state index contributed by atoms with van der Waals surface area (Å²) >= 11 is 0. The summed E-state index contributed by atoms with van der Waals surface area (Å²) in [4.78, 5) is 0. The average Bonchev–Trinajstić information content (AvgIpc) is 2.32. The van der Waals surface area contributed by atoms with E-state index in [0.29, 0.717) is 0 Å². The summed E-state index contributed by atoms with van der Waals surface area (Å²) in [5.41, 5.74) is 1.51. The van der Waals surface area contributed by atoms with Crippen molar-refractivity contribution < 1.29 is 0 Å². The Morgan fingerprint density at radius 3 is 2.80 bits per heavy atom. The standard InChI is InChI=1S/C14H23N/c1-3-13-9-7-5-6-8-10-15-12-14(4-2)11-13/h7-10,12-13,15H,3-6,11H2,1-2H3/b9-7?,10-8-,14-12-. The average molecular weight is 205 g/mol. The van der Waals surface area contributed by atoms with Gasteiger partial charge in [0.25, 0.3) is 0 Å². The zero-order chi connectivity index (χ0) is 10.9. The first kappa shape index (κ1) is 12.1. The molecule has 1 heterocycles. The molecule has 0 bridgehead atoms. The third kappa shape index (κ3) is 4.87. The van der Waals surface area contributed by atoms with E-state index >= 15 is 0 Å². The highest BCUT2D eigenvalue weighted by Crippen LogP contribution is 2.19. The molecule has 1 nitrogen and oxygen atoms in total. The number of hydrogen-bond acceptors (Lipinski definition) is 1. The smallest absolute Gasteiger partial charge is 0.000362 e. The minimum absolute atomic E-state index is 0.719. The summed E-state index contributed by atoms with van der Waals surface area (Å²) in [6.07, 6.45) is 17.0. The molecule has 0 radical (unpaired) electrons. The molecule has 1 rings (SSSR count). The fourth-order valence-electron chi connectivity index (χ4n) is 1.79. The predicted molar refractivity (Wildman–Crippen MR) is 67.4 cm³/mol. The molecule has 0 amide bonds. The van der Waals surface area contributed by atoms with E-state index in [9.17, 15) is 0 Å². The lowest BCUT2D eigenvalue weighted by Crippen LogP contribution is -2.00. The molecule has 0 fully saturated rings. The van der Waals surface area contributed by atoms with Crippen LogP contribution in [0.5, 0.6) is 0 Å². The van der Waals surface area contributed by atoms with E-state index in [0.717, 1.165) is 25.2 Å². The zero-order valence-corrected chi connectivity index (χ0v) is 10.00. The highest BCUT2D eigenvalue weighted by molar-refractivity contribution is 5.07. The molecule has 0 spiro atoms. The Bertz CT molecular complexity index is 248. The van der Waals surface area contributed by atoms with E-state index < -0.39 is 0 Å². The minimum Gasteiger partial charge on any atom is -0.368 e. The number of hydrogen-bond donors (Lipinski definition) is 1. The lowest BCUT2D eigenvalue weighted by Gasteiger charge is -2.12. The maximum Gasteiger partial charge on any atom is -0.000362 e. The molecule has 1 atom stereocenters. The third-order valence-electron chi connectivity index (χ3n) is 2.91. The maximum atomic E-state index is 3.26. The molecule has 84 valence electrons. The summed E-state index contributed by atoms with van der Waals surface area (Å²) in [6.45, 7) is 4.50. The quantitative estimate of drug-likeness (QED) is 0.668. The number of allylic oxidation sites excluding steroid dienone is 4. The molecule has 1 aliphatic rings. The van der Waals surface area contributed by atoms with Crippen molar-refractivity contribution in [1.82, 2.24) is 5.32 Å². The first-order valence-electron chi connectivity index (χ1n) is 6.12. The molecule has 0 aliphatic carbocycles. The van der Waals surface area contributed by atoms with E-state index in [-0.39, 0.29) is 0 Å². The molecule has 0 aromatic rings. The molecule has 0 aromatic heterocycles. The fraction of sp³-hybridized carbons (Fsp3) is 0.571.